The first-order chi connectivity index (χ1) is 13.0. The number of H-pyrrole nitrogens is 1. The van der Waals surface area contributed by atoms with Gasteiger partial charge in [-0.1, -0.05) is 41.9 Å². The molecule has 0 aliphatic carbocycles. The molecule has 2 aromatic heterocycles. The highest BCUT2D eigenvalue weighted by Crippen LogP contribution is 2.28. The number of hydrogen-bond acceptors (Lipinski definition) is 4. The Kier molecular flexibility index (Phi) is 4.51. The highest BCUT2D eigenvalue weighted by Gasteiger charge is 2.21. The molecule has 2 heterocycles. The molecule has 0 spiro atoms. The molecule has 0 bridgehead atoms. The first-order valence-corrected chi connectivity index (χ1v) is 9.35. The summed E-state index contributed by atoms with van der Waals surface area (Å²) in [5.41, 5.74) is 2.77. The fourth-order valence-corrected chi connectivity index (χ4v) is 3.85. The van der Waals surface area contributed by atoms with Crippen LogP contribution >= 0.6 is 22.9 Å². The predicted molar refractivity (Wildman–Crippen MR) is 106 cm³/mol. The monoisotopic (exact) mass is 396 g/mol. The van der Waals surface area contributed by atoms with Crippen LogP contribution in [0.3, 0.4) is 0 Å². The van der Waals surface area contributed by atoms with E-state index in [2.05, 4.69) is 9.97 Å². The number of rotatable bonds is 5. The van der Waals surface area contributed by atoms with Gasteiger partial charge in [0.05, 0.1) is 12.1 Å². The van der Waals surface area contributed by atoms with Gasteiger partial charge in [0.25, 0.3) is 0 Å². The van der Waals surface area contributed by atoms with E-state index in [4.69, 9.17) is 11.6 Å². The number of thiazole rings is 1. The molecule has 0 aliphatic heterocycles. The zero-order chi connectivity index (χ0) is 19.0. The maximum absolute atomic E-state index is 13.0. The van der Waals surface area contributed by atoms with Crippen molar-refractivity contribution >= 4 is 45.6 Å². The molecule has 134 valence electrons. The van der Waals surface area contributed by atoms with Crippen molar-refractivity contribution in [3.63, 3.8) is 0 Å². The number of carboxylic acids is 1. The number of nitrogens with one attached hydrogen (secondary N) is 1. The largest absolute Gasteiger partial charge is 0.481 e. The summed E-state index contributed by atoms with van der Waals surface area (Å²) in [6.45, 7) is 0. The second-order valence-corrected chi connectivity index (χ2v) is 7.31. The van der Waals surface area contributed by atoms with E-state index in [1.54, 1.807) is 36.5 Å². The number of halogens is 1. The number of hydrogen-bond donors (Lipinski definition) is 2. The number of fused-ring (bicyclic) bond motifs is 1. The van der Waals surface area contributed by atoms with Gasteiger partial charge < -0.3 is 10.1 Å². The van der Waals surface area contributed by atoms with Crippen molar-refractivity contribution in [2.75, 3.05) is 0 Å². The van der Waals surface area contributed by atoms with Crippen LogP contribution in [0.4, 0.5) is 0 Å². The number of carbonyl (C=O) groups is 2. The number of aromatic nitrogens is 2. The molecule has 0 fully saturated rings. The molecule has 0 saturated heterocycles. The predicted octanol–water partition coefficient (Wildman–Crippen LogP) is 4.80. The van der Waals surface area contributed by atoms with E-state index in [9.17, 15) is 14.7 Å². The van der Waals surface area contributed by atoms with Crippen LogP contribution in [0.1, 0.15) is 21.6 Å². The minimum Gasteiger partial charge on any atom is -0.481 e. The van der Waals surface area contributed by atoms with Gasteiger partial charge in [-0.25, -0.2) is 4.98 Å². The van der Waals surface area contributed by atoms with E-state index in [-0.39, 0.29) is 17.9 Å². The van der Waals surface area contributed by atoms with Crippen LogP contribution in [0.2, 0.25) is 5.02 Å². The maximum Gasteiger partial charge on any atom is 0.307 e. The first-order valence-electron chi connectivity index (χ1n) is 8.09. The Balaban J connectivity index is 1.76. The van der Waals surface area contributed by atoms with Crippen molar-refractivity contribution in [1.82, 2.24) is 9.97 Å². The molecule has 5 nitrogen and oxygen atoms in total. The topological polar surface area (TPSA) is 83.0 Å². The van der Waals surface area contributed by atoms with Gasteiger partial charge in [0, 0.05) is 44.2 Å². The Bertz CT molecular complexity index is 1150. The van der Waals surface area contributed by atoms with Gasteiger partial charge in [0.15, 0.2) is 0 Å². The third-order valence-electron chi connectivity index (χ3n) is 4.25. The van der Waals surface area contributed by atoms with Crippen LogP contribution in [0.15, 0.2) is 54.0 Å². The number of aromatic amines is 1. The molecule has 2 N–H and O–H groups in total. The minimum absolute atomic E-state index is 0.250. The fourth-order valence-electron chi connectivity index (χ4n) is 3.03. The molecule has 7 heteroatoms. The number of benzene rings is 2. The lowest BCUT2D eigenvalue weighted by Gasteiger charge is -2.04. The smallest absolute Gasteiger partial charge is 0.307 e. The van der Waals surface area contributed by atoms with E-state index in [1.807, 2.05) is 17.5 Å². The van der Waals surface area contributed by atoms with Crippen molar-refractivity contribution in [3.8, 4) is 10.6 Å². The lowest BCUT2D eigenvalue weighted by atomic mass is 10.0. The van der Waals surface area contributed by atoms with Crippen molar-refractivity contribution in [1.29, 1.82) is 0 Å². The number of aliphatic carboxylic acids is 1. The zero-order valence-corrected chi connectivity index (χ0v) is 15.5. The van der Waals surface area contributed by atoms with E-state index < -0.39 is 5.97 Å². The SMILES string of the molecule is O=C(O)Cc1c(C(=O)c2ccc(-c3nccs3)cc2)[nH]c2cc(Cl)ccc12. The first kappa shape index (κ1) is 17.5. The van der Waals surface area contributed by atoms with Gasteiger partial charge in [-0.15, -0.1) is 11.3 Å². The third kappa shape index (κ3) is 3.37. The number of carbonyl (C=O) groups excluding carboxylic acids is 1. The number of carboxylic acid groups (broad SMARTS) is 1. The summed E-state index contributed by atoms with van der Waals surface area (Å²) in [6, 6.07) is 12.2. The van der Waals surface area contributed by atoms with E-state index in [0.717, 1.165) is 10.6 Å². The van der Waals surface area contributed by atoms with Gasteiger partial charge in [0.1, 0.15) is 5.01 Å². The Labute approximate surface area is 163 Å². The van der Waals surface area contributed by atoms with E-state index in [0.29, 0.717) is 27.1 Å². The number of nitrogens with zero attached hydrogens (tertiary/aromatic N) is 1. The molecule has 0 radical (unpaired) electrons. The van der Waals surface area contributed by atoms with Gasteiger partial charge >= 0.3 is 5.97 Å². The van der Waals surface area contributed by atoms with Crippen LogP contribution in [-0.4, -0.2) is 26.8 Å². The lowest BCUT2D eigenvalue weighted by molar-refractivity contribution is -0.136. The Morgan fingerprint density at radius 2 is 1.93 bits per heavy atom. The molecule has 4 rings (SSSR count). The second-order valence-electron chi connectivity index (χ2n) is 5.98. The van der Waals surface area contributed by atoms with Crippen molar-refractivity contribution in [2.45, 2.75) is 6.42 Å². The fraction of sp³-hybridized carbons (Fsp3) is 0.0500. The van der Waals surface area contributed by atoms with Crippen LogP contribution in [0, 0.1) is 0 Å². The summed E-state index contributed by atoms with van der Waals surface area (Å²) in [5.74, 6) is -1.26. The van der Waals surface area contributed by atoms with Crippen molar-refractivity contribution in [2.24, 2.45) is 0 Å². The molecular formula is C20H13ClN2O3S. The zero-order valence-electron chi connectivity index (χ0n) is 13.9. The molecule has 2 aromatic carbocycles. The average molecular weight is 397 g/mol. The van der Waals surface area contributed by atoms with Gasteiger partial charge in [0.2, 0.25) is 5.78 Å². The summed E-state index contributed by atoms with van der Waals surface area (Å²) in [4.78, 5) is 31.6. The van der Waals surface area contributed by atoms with Crippen LogP contribution < -0.4 is 0 Å². The normalized spacial score (nSPS) is 11.0. The second kappa shape index (κ2) is 6.98. The molecule has 27 heavy (non-hydrogen) atoms. The minimum atomic E-state index is -1.00. The standard InChI is InChI=1S/C20H13ClN2O3S/c21-13-5-6-14-15(10-17(24)25)18(23-16(14)9-13)19(26)11-1-3-12(4-2-11)20-22-7-8-27-20/h1-9,23H,10H2,(H,24,25). The van der Waals surface area contributed by atoms with Gasteiger partial charge in [-0.3, -0.25) is 9.59 Å². The molecule has 0 amide bonds. The Morgan fingerprint density at radius 1 is 1.15 bits per heavy atom. The third-order valence-corrected chi connectivity index (χ3v) is 5.31. The quantitative estimate of drug-likeness (QED) is 0.474. The highest BCUT2D eigenvalue weighted by atomic mass is 35.5. The summed E-state index contributed by atoms with van der Waals surface area (Å²) in [7, 11) is 0. The molecular weight excluding hydrogens is 384 g/mol. The molecule has 0 aliphatic rings. The molecule has 0 saturated carbocycles. The molecule has 0 unspecified atom stereocenters. The van der Waals surface area contributed by atoms with Crippen LogP contribution in [-0.2, 0) is 11.2 Å². The number of ketones is 1. The maximum atomic E-state index is 13.0. The summed E-state index contributed by atoms with van der Waals surface area (Å²) in [5, 5.41) is 13.2. The lowest BCUT2D eigenvalue weighted by Crippen LogP contribution is -2.08. The van der Waals surface area contributed by atoms with Crippen molar-refractivity contribution < 1.29 is 14.7 Å². The Morgan fingerprint density at radius 3 is 2.59 bits per heavy atom. The van der Waals surface area contributed by atoms with E-state index >= 15 is 0 Å². The summed E-state index contributed by atoms with van der Waals surface area (Å²) < 4.78 is 0. The molecule has 4 aromatic rings. The van der Waals surface area contributed by atoms with Gasteiger partial charge in [-0.05, 0) is 12.1 Å². The van der Waals surface area contributed by atoms with Gasteiger partial charge in [-0.2, -0.15) is 0 Å². The molecule has 0 atom stereocenters. The highest BCUT2D eigenvalue weighted by molar-refractivity contribution is 7.13. The average Bonchev–Trinajstić information content (AvgIpc) is 3.29. The van der Waals surface area contributed by atoms with Crippen LogP contribution in [0.25, 0.3) is 21.5 Å². The summed E-state index contributed by atoms with van der Waals surface area (Å²) >= 11 is 7.54. The van der Waals surface area contributed by atoms with Crippen molar-refractivity contribution in [3.05, 3.63) is 75.9 Å². The van der Waals surface area contributed by atoms with E-state index in [1.165, 1.54) is 11.3 Å². The Hall–Kier alpha value is -2.96. The summed E-state index contributed by atoms with van der Waals surface area (Å²) in [6.07, 6.45) is 1.48. The van der Waals surface area contributed by atoms with Crippen LogP contribution in [0.5, 0.6) is 0 Å².